The van der Waals surface area contributed by atoms with Crippen LogP contribution in [0.5, 0.6) is 0 Å². The van der Waals surface area contributed by atoms with E-state index >= 15 is 0 Å². The molecule has 0 aliphatic heterocycles. The molecule has 1 N–H and O–H groups in total. The minimum Gasteiger partial charge on any atom is -0.302 e. The topological polar surface area (TPSA) is 55.8 Å². The summed E-state index contributed by atoms with van der Waals surface area (Å²) >= 11 is 0. The highest BCUT2D eigenvalue weighted by atomic mass is 31.2. The van der Waals surface area contributed by atoms with Crippen molar-refractivity contribution in [2.75, 3.05) is 13.2 Å². The van der Waals surface area contributed by atoms with Gasteiger partial charge in [-0.2, -0.15) is 0 Å². The van der Waals surface area contributed by atoms with Crippen molar-refractivity contribution in [3.63, 3.8) is 0 Å². The fourth-order valence-corrected chi connectivity index (χ4v) is 4.27. The molecule has 0 aliphatic rings. The van der Waals surface area contributed by atoms with Crippen molar-refractivity contribution < 1.29 is 18.5 Å². The van der Waals surface area contributed by atoms with Crippen LogP contribution in [0, 0.1) is 11.8 Å². The summed E-state index contributed by atoms with van der Waals surface area (Å²) in [5, 5.41) is 0. The lowest BCUT2D eigenvalue weighted by Crippen LogP contribution is -1.99. The third-order valence-corrected chi connectivity index (χ3v) is 6.38. The van der Waals surface area contributed by atoms with E-state index in [-0.39, 0.29) is 0 Å². The Morgan fingerprint density at radius 2 is 0.828 bits per heavy atom. The van der Waals surface area contributed by atoms with Crippen LogP contribution >= 0.6 is 7.82 Å². The van der Waals surface area contributed by atoms with Crippen LogP contribution in [0.1, 0.15) is 130 Å². The van der Waals surface area contributed by atoms with E-state index in [4.69, 9.17) is 9.05 Å². The van der Waals surface area contributed by atoms with Gasteiger partial charge >= 0.3 is 7.82 Å². The average molecular weight is 435 g/mol. The highest BCUT2D eigenvalue weighted by Gasteiger charge is 2.19. The molecule has 176 valence electrons. The number of rotatable bonds is 22. The first-order chi connectivity index (χ1) is 13.8. The molecule has 0 saturated heterocycles. The quantitative estimate of drug-likeness (QED) is 0.137. The van der Waals surface area contributed by atoms with E-state index in [0.29, 0.717) is 13.2 Å². The second-order valence-corrected chi connectivity index (χ2v) is 10.9. The summed E-state index contributed by atoms with van der Waals surface area (Å²) < 4.78 is 22.0. The number of hydrogen-bond acceptors (Lipinski definition) is 3. The zero-order valence-electron chi connectivity index (χ0n) is 20.0. The van der Waals surface area contributed by atoms with Crippen molar-refractivity contribution in [3.05, 3.63) is 0 Å². The van der Waals surface area contributed by atoms with Crippen LogP contribution in [-0.2, 0) is 13.6 Å². The zero-order valence-corrected chi connectivity index (χ0v) is 20.9. The first-order valence-corrected chi connectivity index (χ1v) is 13.9. The summed E-state index contributed by atoms with van der Waals surface area (Å²) in [7, 11) is -3.85. The SMILES string of the molecule is CC(C)CCCCCCCCCOP(=O)(O)OCCCCCCCCCC(C)C. The van der Waals surface area contributed by atoms with Crippen molar-refractivity contribution in [1.29, 1.82) is 0 Å². The van der Waals surface area contributed by atoms with Gasteiger partial charge < -0.3 is 4.89 Å². The number of hydrogen-bond donors (Lipinski definition) is 1. The Labute approximate surface area is 182 Å². The fraction of sp³-hybridized carbons (Fsp3) is 1.00. The van der Waals surface area contributed by atoms with E-state index in [1.165, 1.54) is 77.0 Å². The second-order valence-electron chi connectivity index (χ2n) is 9.45. The third kappa shape index (κ3) is 24.3. The second kappa shape index (κ2) is 20.0. The molecule has 0 bridgehead atoms. The predicted molar refractivity (Wildman–Crippen MR) is 125 cm³/mol. The number of phosphoric acid groups is 1. The number of unbranched alkanes of at least 4 members (excludes halogenated alkanes) is 12. The summed E-state index contributed by atoms with van der Waals surface area (Å²) in [6, 6.07) is 0. The van der Waals surface area contributed by atoms with Gasteiger partial charge in [0.25, 0.3) is 0 Å². The Kier molecular flexibility index (Phi) is 20.1. The van der Waals surface area contributed by atoms with Gasteiger partial charge in [-0.1, -0.05) is 118 Å². The molecule has 0 aromatic carbocycles. The van der Waals surface area contributed by atoms with Crippen LogP contribution in [0.15, 0.2) is 0 Å². The van der Waals surface area contributed by atoms with Gasteiger partial charge in [0.2, 0.25) is 0 Å². The van der Waals surface area contributed by atoms with Crippen LogP contribution in [0.3, 0.4) is 0 Å². The van der Waals surface area contributed by atoms with E-state index in [9.17, 15) is 9.46 Å². The molecule has 5 heteroatoms. The van der Waals surface area contributed by atoms with Crippen molar-refractivity contribution in [2.45, 2.75) is 130 Å². The van der Waals surface area contributed by atoms with Crippen molar-refractivity contribution in [2.24, 2.45) is 11.8 Å². The van der Waals surface area contributed by atoms with Gasteiger partial charge in [0.1, 0.15) is 0 Å². The Morgan fingerprint density at radius 1 is 0.552 bits per heavy atom. The summed E-state index contributed by atoms with van der Waals surface area (Å²) in [6.07, 6.45) is 19.2. The summed E-state index contributed by atoms with van der Waals surface area (Å²) in [5.74, 6) is 1.63. The minimum absolute atomic E-state index is 0.317. The third-order valence-electron chi connectivity index (χ3n) is 5.36. The first kappa shape index (κ1) is 29.1. The molecule has 0 radical (unpaired) electrons. The summed E-state index contributed by atoms with van der Waals surface area (Å²) in [6.45, 7) is 9.75. The van der Waals surface area contributed by atoms with Crippen molar-refractivity contribution in [1.82, 2.24) is 0 Å². The van der Waals surface area contributed by atoms with E-state index < -0.39 is 7.82 Å². The van der Waals surface area contributed by atoms with E-state index in [0.717, 1.165) is 37.5 Å². The van der Waals surface area contributed by atoms with Crippen molar-refractivity contribution in [3.8, 4) is 0 Å². The maximum atomic E-state index is 11.8. The maximum Gasteiger partial charge on any atom is 0.472 e. The minimum atomic E-state index is -3.85. The molecule has 0 saturated carbocycles. The average Bonchev–Trinajstić information content (AvgIpc) is 2.64. The van der Waals surface area contributed by atoms with E-state index in [1.54, 1.807) is 0 Å². The molecule has 0 atom stereocenters. The monoisotopic (exact) mass is 434 g/mol. The Bertz CT molecular complexity index is 353. The standard InChI is InChI=1S/C24H51O4P/c1-23(2)19-15-11-7-5-9-13-17-21-27-29(25,26)28-22-18-14-10-6-8-12-16-20-24(3)4/h23-24H,5-22H2,1-4H3,(H,25,26). The first-order valence-electron chi connectivity index (χ1n) is 12.5. The molecule has 0 heterocycles. The molecule has 0 aliphatic carbocycles. The van der Waals surface area contributed by atoms with E-state index in [1.807, 2.05) is 0 Å². The van der Waals surface area contributed by atoms with Crippen LogP contribution in [0.25, 0.3) is 0 Å². The molecule has 0 fully saturated rings. The van der Waals surface area contributed by atoms with Gasteiger partial charge in [-0.15, -0.1) is 0 Å². The lowest BCUT2D eigenvalue weighted by Gasteiger charge is -2.12. The van der Waals surface area contributed by atoms with Gasteiger partial charge in [-0.3, -0.25) is 9.05 Å². The molecular formula is C24H51O4P. The number of phosphoric ester groups is 1. The van der Waals surface area contributed by atoms with Gasteiger partial charge in [0.05, 0.1) is 13.2 Å². The molecule has 29 heavy (non-hydrogen) atoms. The molecule has 0 unspecified atom stereocenters. The van der Waals surface area contributed by atoms with Crippen LogP contribution in [-0.4, -0.2) is 18.1 Å². The fourth-order valence-electron chi connectivity index (χ4n) is 3.47. The highest BCUT2D eigenvalue weighted by Crippen LogP contribution is 2.43. The van der Waals surface area contributed by atoms with Gasteiger partial charge in [0, 0.05) is 0 Å². The predicted octanol–water partition coefficient (Wildman–Crippen LogP) is 8.67. The van der Waals surface area contributed by atoms with Crippen LogP contribution < -0.4 is 0 Å². The van der Waals surface area contributed by atoms with Gasteiger partial charge in [-0.05, 0) is 24.7 Å². The molecule has 0 aromatic rings. The van der Waals surface area contributed by atoms with Crippen molar-refractivity contribution >= 4 is 7.82 Å². The lowest BCUT2D eigenvalue weighted by molar-refractivity contribution is 0.145. The molecular weight excluding hydrogens is 383 g/mol. The molecule has 4 nitrogen and oxygen atoms in total. The Hall–Kier alpha value is 0.110. The lowest BCUT2D eigenvalue weighted by atomic mass is 10.0. The smallest absolute Gasteiger partial charge is 0.302 e. The highest BCUT2D eigenvalue weighted by molar-refractivity contribution is 7.47. The molecule has 0 amide bonds. The normalized spacial score (nSPS) is 12.4. The molecule has 0 rings (SSSR count). The largest absolute Gasteiger partial charge is 0.472 e. The van der Waals surface area contributed by atoms with E-state index in [2.05, 4.69) is 27.7 Å². The van der Waals surface area contributed by atoms with Gasteiger partial charge in [-0.25, -0.2) is 4.57 Å². The Morgan fingerprint density at radius 3 is 1.14 bits per heavy atom. The van der Waals surface area contributed by atoms with Gasteiger partial charge in [0.15, 0.2) is 0 Å². The molecule has 0 spiro atoms. The zero-order chi connectivity index (χ0) is 21.8. The van der Waals surface area contributed by atoms with Crippen LogP contribution in [0.4, 0.5) is 0 Å². The molecule has 0 aromatic heterocycles. The Balaban J connectivity index is 3.35. The maximum absolute atomic E-state index is 11.8. The summed E-state index contributed by atoms with van der Waals surface area (Å²) in [4.78, 5) is 9.71. The summed E-state index contributed by atoms with van der Waals surface area (Å²) in [5.41, 5.74) is 0. The van der Waals surface area contributed by atoms with Crippen LogP contribution in [0.2, 0.25) is 0 Å².